The number of benzene rings is 2. The molecule has 0 bridgehead atoms. The van der Waals surface area contributed by atoms with Crippen LogP contribution in [0.5, 0.6) is 0 Å². The number of aromatic nitrogens is 2. The summed E-state index contributed by atoms with van der Waals surface area (Å²) in [4.78, 5) is 4.65. The SMILES string of the molecule is CC(C)Cc1ccc(S(=O)(=O)N2CCC[C@H]2c2nc(-c3ccc(F)cc3)no2)cc1. The lowest BCUT2D eigenvalue weighted by molar-refractivity contribution is 0.290. The van der Waals surface area contributed by atoms with Gasteiger partial charge in [-0.3, -0.25) is 0 Å². The molecule has 158 valence electrons. The van der Waals surface area contributed by atoms with Gasteiger partial charge in [-0.2, -0.15) is 9.29 Å². The molecule has 0 aliphatic carbocycles. The summed E-state index contributed by atoms with van der Waals surface area (Å²) >= 11 is 0. The van der Waals surface area contributed by atoms with Crippen LogP contribution in [0.2, 0.25) is 0 Å². The van der Waals surface area contributed by atoms with Crippen LogP contribution in [-0.4, -0.2) is 29.4 Å². The van der Waals surface area contributed by atoms with Gasteiger partial charge in [0.25, 0.3) is 0 Å². The highest BCUT2D eigenvalue weighted by Crippen LogP contribution is 2.36. The van der Waals surface area contributed by atoms with Crippen LogP contribution >= 0.6 is 0 Å². The zero-order chi connectivity index (χ0) is 21.3. The Hall–Kier alpha value is -2.58. The summed E-state index contributed by atoms with van der Waals surface area (Å²) in [6.07, 6.45) is 2.22. The van der Waals surface area contributed by atoms with Crippen LogP contribution in [0.3, 0.4) is 0 Å². The first kappa shape index (κ1) is 20.7. The smallest absolute Gasteiger partial charge is 0.245 e. The standard InChI is InChI=1S/C22H24FN3O3S/c1-15(2)14-16-5-11-19(12-6-16)30(27,28)26-13-3-4-20(26)22-24-21(25-29-22)17-7-9-18(23)10-8-17/h5-12,15,20H,3-4,13-14H2,1-2H3/t20-/m0/s1. The van der Waals surface area contributed by atoms with E-state index in [2.05, 4.69) is 24.0 Å². The van der Waals surface area contributed by atoms with Crippen molar-refractivity contribution in [1.29, 1.82) is 0 Å². The molecule has 0 radical (unpaired) electrons. The van der Waals surface area contributed by atoms with Crippen molar-refractivity contribution >= 4 is 10.0 Å². The summed E-state index contributed by atoms with van der Waals surface area (Å²) < 4.78 is 46.5. The third kappa shape index (κ3) is 4.15. The van der Waals surface area contributed by atoms with Crippen LogP contribution in [0, 0.1) is 11.7 Å². The van der Waals surface area contributed by atoms with Gasteiger partial charge in [-0.15, -0.1) is 0 Å². The van der Waals surface area contributed by atoms with E-state index in [0.717, 1.165) is 12.0 Å². The Morgan fingerprint density at radius 2 is 1.83 bits per heavy atom. The summed E-state index contributed by atoms with van der Waals surface area (Å²) in [5.41, 5.74) is 1.72. The summed E-state index contributed by atoms with van der Waals surface area (Å²) in [6.45, 7) is 4.66. The van der Waals surface area contributed by atoms with Crippen LogP contribution in [0.25, 0.3) is 11.4 Å². The number of hydrogen-bond acceptors (Lipinski definition) is 5. The summed E-state index contributed by atoms with van der Waals surface area (Å²) in [5.74, 6) is 0.720. The third-order valence-electron chi connectivity index (χ3n) is 5.21. The van der Waals surface area contributed by atoms with Gasteiger partial charge in [0.1, 0.15) is 11.9 Å². The Kier molecular flexibility index (Phi) is 5.71. The number of halogens is 1. The quantitative estimate of drug-likeness (QED) is 0.572. The topological polar surface area (TPSA) is 76.3 Å². The van der Waals surface area contributed by atoms with E-state index in [0.29, 0.717) is 36.7 Å². The van der Waals surface area contributed by atoms with E-state index in [1.807, 2.05) is 12.1 Å². The Labute approximate surface area is 175 Å². The van der Waals surface area contributed by atoms with Crippen molar-refractivity contribution in [3.8, 4) is 11.4 Å². The molecule has 1 atom stereocenters. The molecule has 1 aliphatic heterocycles. The monoisotopic (exact) mass is 429 g/mol. The van der Waals surface area contributed by atoms with Crippen molar-refractivity contribution in [2.75, 3.05) is 6.54 Å². The largest absolute Gasteiger partial charge is 0.337 e. The minimum Gasteiger partial charge on any atom is -0.337 e. The maximum absolute atomic E-state index is 13.3. The predicted molar refractivity (Wildman–Crippen MR) is 111 cm³/mol. The summed E-state index contributed by atoms with van der Waals surface area (Å²) in [7, 11) is -3.69. The van der Waals surface area contributed by atoms with E-state index in [1.165, 1.54) is 16.4 Å². The fraction of sp³-hybridized carbons (Fsp3) is 0.364. The molecule has 30 heavy (non-hydrogen) atoms. The minimum atomic E-state index is -3.69. The van der Waals surface area contributed by atoms with Crippen molar-refractivity contribution < 1.29 is 17.3 Å². The number of rotatable bonds is 6. The van der Waals surface area contributed by atoms with Crippen LogP contribution in [0.4, 0.5) is 4.39 Å². The molecular formula is C22H24FN3O3S. The summed E-state index contributed by atoms with van der Waals surface area (Å²) in [6, 6.07) is 12.3. The molecule has 2 aromatic carbocycles. The van der Waals surface area contributed by atoms with Crippen LogP contribution in [0.1, 0.15) is 44.2 Å². The highest BCUT2D eigenvalue weighted by molar-refractivity contribution is 7.89. The molecule has 0 N–H and O–H groups in total. The lowest BCUT2D eigenvalue weighted by Crippen LogP contribution is -2.30. The fourth-order valence-corrected chi connectivity index (χ4v) is 5.42. The average molecular weight is 430 g/mol. The number of sulfonamides is 1. The Morgan fingerprint density at radius 1 is 1.13 bits per heavy atom. The highest BCUT2D eigenvalue weighted by atomic mass is 32.2. The second kappa shape index (κ2) is 8.28. The molecule has 1 aliphatic rings. The maximum Gasteiger partial charge on any atom is 0.245 e. The van der Waals surface area contributed by atoms with Crippen LogP contribution in [0.15, 0.2) is 57.9 Å². The van der Waals surface area contributed by atoms with Crippen molar-refractivity contribution in [2.45, 2.75) is 44.0 Å². The van der Waals surface area contributed by atoms with Crippen molar-refractivity contribution in [3.63, 3.8) is 0 Å². The molecule has 6 nitrogen and oxygen atoms in total. The molecule has 4 rings (SSSR count). The Bertz CT molecular complexity index is 1110. The van der Waals surface area contributed by atoms with Crippen LogP contribution < -0.4 is 0 Å². The number of nitrogens with zero attached hydrogens (tertiary/aromatic N) is 3. The summed E-state index contributed by atoms with van der Waals surface area (Å²) in [5, 5.41) is 3.96. The second-order valence-electron chi connectivity index (χ2n) is 7.98. The van der Waals surface area contributed by atoms with Crippen LogP contribution in [-0.2, 0) is 16.4 Å². The lowest BCUT2D eigenvalue weighted by atomic mass is 10.0. The molecule has 2 heterocycles. The minimum absolute atomic E-state index is 0.256. The van der Waals surface area contributed by atoms with E-state index in [1.54, 1.807) is 24.3 Å². The molecule has 1 saturated heterocycles. The van der Waals surface area contributed by atoms with E-state index >= 15 is 0 Å². The molecular weight excluding hydrogens is 405 g/mol. The van der Waals surface area contributed by atoms with E-state index < -0.39 is 16.1 Å². The van der Waals surface area contributed by atoms with Gasteiger partial charge in [-0.1, -0.05) is 31.1 Å². The first-order valence-electron chi connectivity index (χ1n) is 10.0. The molecule has 8 heteroatoms. The van der Waals surface area contributed by atoms with Crippen molar-refractivity contribution in [3.05, 3.63) is 65.8 Å². The highest BCUT2D eigenvalue weighted by Gasteiger charge is 2.39. The normalized spacial score (nSPS) is 17.7. The van der Waals surface area contributed by atoms with Gasteiger partial charge in [-0.05, 0) is 67.1 Å². The Morgan fingerprint density at radius 3 is 2.50 bits per heavy atom. The van der Waals surface area contributed by atoms with Gasteiger partial charge < -0.3 is 4.52 Å². The van der Waals surface area contributed by atoms with E-state index in [-0.39, 0.29) is 16.6 Å². The van der Waals surface area contributed by atoms with E-state index in [9.17, 15) is 12.8 Å². The van der Waals surface area contributed by atoms with Gasteiger partial charge in [0.05, 0.1) is 4.90 Å². The molecule has 0 spiro atoms. The van der Waals surface area contributed by atoms with Gasteiger partial charge in [0.15, 0.2) is 0 Å². The number of hydrogen-bond donors (Lipinski definition) is 0. The van der Waals surface area contributed by atoms with Gasteiger partial charge >= 0.3 is 0 Å². The van der Waals surface area contributed by atoms with Gasteiger partial charge in [-0.25, -0.2) is 12.8 Å². The fourth-order valence-electron chi connectivity index (χ4n) is 3.77. The molecule has 0 amide bonds. The maximum atomic E-state index is 13.3. The lowest BCUT2D eigenvalue weighted by Gasteiger charge is -2.21. The van der Waals surface area contributed by atoms with E-state index in [4.69, 9.17) is 4.52 Å². The van der Waals surface area contributed by atoms with Crippen molar-refractivity contribution in [2.24, 2.45) is 5.92 Å². The molecule has 0 saturated carbocycles. The molecule has 1 fully saturated rings. The van der Waals surface area contributed by atoms with Gasteiger partial charge in [0, 0.05) is 12.1 Å². The predicted octanol–water partition coefficient (Wildman–Crippen LogP) is 4.60. The molecule has 1 aromatic heterocycles. The molecule has 3 aromatic rings. The Balaban J connectivity index is 1.58. The average Bonchev–Trinajstić information content (AvgIpc) is 3.38. The first-order valence-corrected chi connectivity index (χ1v) is 11.5. The zero-order valence-corrected chi connectivity index (χ0v) is 17.8. The third-order valence-corrected chi connectivity index (χ3v) is 7.13. The second-order valence-corrected chi connectivity index (χ2v) is 9.87. The van der Waals surface area contributed by atoms with Crippen molar-refractivity contribution in [1.82, 2.24) is 14.4 Å². The first-order chi connectivity index (χ1) is 14.3. The molecule has 0 unspecified atom stereocenters. The van der Waals surface area contributed by atoms with Gasteiger partial charge in [0.2, 0.25) is 21.7 Å². The zero-order valence-electron chi connectivity index (χ0n) is 17.0.